The largest absolute Gasteiger partial charge is 0.317 e. The summed E-state index contributed by atoms with van der Waals surface area (Å²) < 4.78 is 0. The van der Waals surface area contributed by atoms with Crippen LogP contribution in [-0.2, 0) is 17.6 Å². The third kappa shape index (κ3) is 6.07. The Kier molecular flexibility index (Phi) is 8.17. The summed E-state index contributed by atoms with van der Waals surface area (Å²) in [5.41, 5.74) is 6.44. The first-order valence-electron chi connectivity index (χ1n) is 13.6. The smallest absolute Gasteiger partial charge is 0.225 e. The maximum atomic E-state index is 12.9. The Bertz CT molecular complexity index is 1700. The van der Waals surface area contributed by atoms with Crippen molar-refractivity contribution in [2.75, 3.05) is 11.1 Å². The van der Waals surface area contributed by atoms with E-state index < -0.39 is 0 Å². The Hall–Kier alpha value is -4.32. The van der Waals surface area contributed by atoms with Crippen molar-refractivity contribution in [3.05, 3.63) is 113 Å². The van der Waals surface area contributed by atoms with Gasteiger partial charge >= 0.3 is 0 Å². The molecule has 0 bridgehead atoms. The molecule has 5 aromatic rings. The highest BCUT2D eigenvalue weighted by Crippen LogP contribution is 2.42. The molecule has 0 radical (unpaired) electrons. The minimum atomic E-state index is -0.121. The van der Waals surface area contributed by atoms with E-state index in [1.165, 1.54) is 22.2 Å². The summed E-state index contributed by atoms with van der Waals surface area (Å²) in [6.07, 6.45) is 3.04. The molecule has 0 spiro atoms. The number of aromatic nitrogens is 3. The van der Waals surface area contributed by atoms with Crippen LogP contribution < -0.4 is 5.32 Å². The average molecular weight is 574 g/mol. The average Bonchev–Trinajstić information content (AvgIpc) is 3.38. The fourth-order valence-electron chi connectivity index (χ4n) is 5.19. The van der Waals surface area contributed by atoms with Gasteiger partial charge in [-0.2, -0.15) is 5.26 Å². The third-order valence-electron chi connectivity index (χ3n) is 7.22. The van der Waals surface area contributed by atoms with Gasteiger partial charge in [0.25, 0.3) is 0 Å². The maximum absolute atomic E-state index is 12.9. The Labute approximate surface area is 247 Å². The van der Waals surface area contributed by atoms with Gasteiger partial charge in [0.05, 0.1) is 5.56 Å². The number of nitriles is 1. The van der Waals surface area contributed by atoms with Crippen LogP contribution >= 0.6 is 23.1 Å². The van der Waals surface area contributed by atoms with Gasteiger partial charge in [-0.15, -0.1) is 21.5 Å². The van der Waals surface area contributed by atoms with Crippen molar-refractivity contribution in [2.24, 2.45) is 0 Å². The lowest BCUT2D eigenvalue weighted by Gasteiger charge is -2.22. The van der Waals surface area contributed by atoms with Gasteiger partial charge in [0.15, 0.2) is 0 Å². The lowest BCUT2D eigenvalue weighted by atomic mass is 9.83. The number of nitrogens with one attached hydrogen (secondary N) is 1. The number of anilines is 1. The van der Waals surface area contributed by atoms with Gasteiger partial charge in [-0.05, 0) is 36.3 Å². The molecule has 6 nitrogen and oxygen atoms in total. The van der Waals surface area contributed by atoms with Crippen molar-refractivity contribution in [2.45, 2.75) is 36.8 Å². The molecule has 1 N–H and O–H groups in total. The van der Waals surface area contributed by atoms with Gasteiger partial charge in [-0.25, -0.2) is 4.98 Å². The summed E-state index contributed by atoms with van der Waals surface area (Å²) in [7, 11) is 0. The Morgan fingerprint density at radius 2 is 1.59 bits per heavy atom. The number of fused-ring (bicyclic) bond motifs is 1. The molecule has 0 saturated heterocycles. The number of thioether (sulfide) groups is 1. The van der Waals surface area contributed by atoms with E-state index in [-0.39, 0.29) is 12.3 Å². The maximum Gasteiger partial charge on any atom is 0.225 e. The molecule has 3 aromatic carbocycles. The standard InChI is InChI=1S/C33H27N5OS2/c34-21-27-26-17-16-25(22-10-4-1-5-11-22)20-28(26)41-32(27)35-29(39)18-19-40-33-36-30(23-12-6-2-7-13-23)31(37-38-33)24-14-8-3-9-15-24/h1-15,25H,16-20H2,(H,35,39). The SMILES string of the molecule is N#Cc1c(NC(=O)CCSc2nnc(-c3ccccc3)c(-c3ccccc3)n2)sc2c1CCC(c1ccccc1)C2. The van der Waals surface area contributed by atoms with Crippen molar-refractivity contribution < 1.29 is 4.79 Å². The van der Waals surface area contributed by atoms with E-state index in [4.69, 9.17) is 4.98 Å². The summed E-state index contributed by atoms with van der Waals surface area (Å²) in [5, 5.41) is 23.0. The van der Waals surface area contributed by atoms with Crippen LogP contribution in [0.2, 0.25) is 0 Å². The number of benzene rings is 3. The number of amides is 1. The molecule has 0 saturated carbocycles. The molecule has 1 atom stereocenters. The fraction of sp³-hybridized carbons (Fsp3) is 0.182. The molecule has 2 heterocycles. The molecule has 8 heteroatoms. The second kappa shape index (κ2) is 12.5. The summed E-state index contributed by atoms with van der Waals surface area (Å²) in [5.74, 6) is 0.816. The van der Waals surface area contributed by atoms with Crippen molar-refractivity contribution in [3.63, 3.8) is 0 Å². The zero-order valence-corrected chi connectivity index (χ0v) is 23.9. The van der Waals surface area contributed by atoms with Gasteiger partial charge < -0.3 is 5.32 Å². The molecule has 2 aromatic heterocycles. The highest BCUT2D eigenvalue weighted by atomic mass is 32.2. The minimum Gasteiger partial charge on any atom is -0.317 e. The van der Waals surface area contributed by atoms with Crippen LogP contribution in [0.1, 0.15) is 40.3 Å². The Morgan fingerprint density at radius 1 is 0.927 bits per heavy atom. The Balaban J connectivity index is 1.12. The number of rotatable bonds is 8. The summed E-state index contributed by atoms with van der Waals surface area (Å²) in [6, 6.07) is 32.7. The number of carbonyl (C=O) groups is 1. The first kappa shape index (κ1) is 26.9. The van der Waals surface area contributed by atoms with E-state index in [1.54, 1.807) is 11.3 Å². The number of hydrogen-bond donors (Lipinski definition) is 1. The fourth-order valence-corrected chi connectivity index (χ4v) is 7.20. The monoisotopic (exact) mass is 573 g/mol. The van der Waals surface area contributed by atoms with Gasteiger partial charge in [0.1, 0.15) is 22.5 Å². The van der Waals surface area contributed by atoms with Crippen LogP contribution in [0.5, 0.6) is 0 Å². The molecule has 6 rings (SSSR count). The van der Waals surface area contributed by atoms with Gasteiger partial charge in [0.2, 0.25) is 11.1 Å². The van der Waals surface area contributed by atoms with Crippen LogP contribution in [0.25, 0.3) is 22.5 Å². The van der Waals surface area contributed by atoms with Crippen LogP contribution in [0.3, 0.4) is 0 Å². The lowest BCUT2D eigenvalue weighted by Crippen LogP contribution is -2.13. The van der Waals surface area contributed by atoms with Crippen molar-refractivity contribution in [3.8, 4) is 28.6 Å². The number of carbonyl (C=O) groups excluding carboxylic acids is 1. The quantitative estimate of drug-likeness (QED) is 0.193. The van der Waals surface area contributed by atoms with E-state index in [2.05, 4.69) is 45.8 Å². The van der Waals surface area contributed by atoms with Crippen molar-refractivity contribution >= 4 is 34.0 Å². The summed E-state index contributed by atoms with van der Waals surface area (Å²) in [6.45, 7) is 0. The van der Waals surface area contributed by atoms with Crippen LogP contribution in [0.4, 0.5) is 5.00 Å². The first-order valence-corrected chi connectivity index (χ1v) is 15.4. The highest BCUT2D eigenvalue weighted by molar-refractivity contribution is 7.99. The van der Waals surface area contributed by atoms with Crippen molar-refractivity contribution in [1.29, 1.82) is 5.26 Å². The molecule has 0 aliphatic heterocycles. The first-order chi connectivity index (χ1) is 20.2. The molecule has 41 heavy (non-hydrogen) atoms. The normalized spacial score (nSPS) is 14.2. The van der Waals surface area contributed by atoms with E-state index in [9.17, 15) is 10.1 Å². The zero-order valence-electron chi connectivity index (χ0n) is 22.3. The topological polar surface area (TPSA) is 91.6 Å². The molecular weight excluding hydrogens is 547 g/mol. The summed E-state index contributed by atoms with van der Waals surface area (Å²) in [4.78, 5) is 18.9. The van der Waals surface area contributed by atoms with Crippen LogP contribution in [0, 0.1) is 11.3 Å². The van der Waals surface area contributed by atoms with Crippen molar-refractivity contribution in [1.82, 2.24) is 15.2 Å². The summed E-state index contributed by atoms with van der Waals surface area (Å²) >= 11 is 2.95. The highest BCUT2D eigenvalue weighted by Gasteiger charge is 2.27. The van der Waals surface area contributed by atoms with E-state index >= 15 is 0 Å². The van der Waals surface area contributed by atoms with Crippen LogP contribution in [0.15, 0.2) is 96.2 Å². The zero-order chi connectivity index (χ0) is 28.0. The van der Waals surface area contributed by atoms with E-state index in [0.717, 1.165) is 47.3 Å². The molecule has 1 unspecified atom stereocenters. The van der Waals surface area contributed by atoms with Crippen LogP contribution in [-0.4, -0.2) is 26.8 Å². The number of nitrogens with zero attached hydrogens (tertiary/aromatic N) is 4. The van der Waals surface area contributed by atoms with Gasteiger partial charge in [-0.3, -0.25) is 4.79 Å². The molecule has 1 aliphatic carbocycles. The third-order valence-corrected chi connectivity index (χ3v) is 9.23. The predicted molar refractivity (Wildman–Crippen MR) is 165 cm³/mol. The molecule has 1 aliphatic rings. The molecule has 0 fully saturated rings. The second-order valence-corrected chi connectivity index (χ2v) is 12.0. The molecular formula is C33H27N5OS2. The van der Waals surface area contributed by atoms with Gasteiger partial charge in [0, 0.05) is 28.2 Å². The molecule has 1 amide bonds. The lowest BCUT2D eigenvalue weighted by molar-refractivity contribution is -0.115. The van der Waals surface area contributed by atoms with Gasteiger partial charge in [-0.1, -0.05) is 103 Å². The molecule has 202 valence electrons. The second-order valence-electron chi connectivity index (χ2n) is 9.84. The van der Waals surface area contributed by atoms with E-state index in [1.807, 2.05) is 66.7 Å². The number of hydrogen-bond acceptors (Lipinski definition) is 7. The predicted octanol–water partition coefficient (Wildman–Crippen LogP) is 7.53. The number of thiophene rings is 1. The Morgan fingerprint density at radius 3 is 2.27 bits per heavy atom. The van der Waals surface area contributed by atoms with E-state index in [0.29, 0.717) is 27.4 Å². The minimum absolute atomic E-state index is 0.121.